The van der Waals surface area contributed by atoms with Gasteiger partial charge in [-0.1, -0.05) is 38.1 Å². The van der Waals surface area contributed by atoms with Crippen molar-refractivity contribution in [2.75, 3.05) is 148 Å². The topological polar surface area (TPSA) is 499 Å². The standard InChI is InChI=1S/C80H101F4N17O23S/c1-9-100-57(40-48(5)94-100)74(106)92-77-89-55-42-52(71(85)103)44-59(114-8)67(55)98(77)20-11-12-21-99-68-56(90-78(99)93-75(107)58-41-49(6)95-101(58)10-2)43-53(72(86)104)45-60(68)121-26-13-19-96-22-24-97(25-23-96)80(110)123-46-51-14-16-54(17-15-51)88-73(105)50(7)87-76(108)66(47(3)4)91-79(109)122-39-38-120-37-36-119-35-34-118-33-32-117-31-30-116-29-28-115-27-18-61(102)124-69-62(81)64(83)70(125(111,112)113)65(84)63(69)82/h11-12,14-17,40-45,47,50,66H,9-10,13,18-39,46H2,1-8H3,(H2,85,103)(H2,86,104)(H,87,108)(H,88,105)(H,91,109)(H,89,92,106)(H,90,93,107)(H,111,112,113)/b12-11+/t50-,66-/m0/s1. The van der Waals surface area contributed by atoms with Crippen LogP contribution in [0.15, 0.2) is 77.7 Å². The number of aromatic nitrogens is 8. The van der Waals surface area contributed by atoms with E-state index in [4.69, 9.17) is 73.4 Å². The van der Waals surface area contributed by atoms with Gasteiger partial charge in [0.1, 0.15) is 59.2 Å². The molecule has 1 fully saturated rings. The number of hydrogen-bond donors (Lipinski definition) is 8. The van der Waals surface area contributed by atoms with Crippen LogP contribution >= 0.6 is 0 Å². The van der Waals surface area contributed by atoms with Gasteiger partial charge < -0.3 is 93.6 Å². The predicted octanol–water partition coefficient (Wildman–Crippen LogP) is 6.22. The number of primary amides is 2. The molecular weight excluding hydrogens is 1680 g/mol. The molecule has 0 bridgehead atoms. The molecule has 10 N–H and O–H groups in total. The molecule has 2 atom stereocenters. The summed E-state index contributed by atoms with van der Waals surface area (Å²) in [5.74, 6) is -16.1. The first kappa shape index (κ1) is 96.6. The summed E-state index contributed by atoms with van der Waals surface area (Å²) in [6, 6.07) is 13.9. The molecule has 4 aromatic heterocycles. The van der Waals surface area contributed by atoms with Gasteiger partial charge in [-0.15, -0.1) is 0 Å². The molecule has 678 valence electrons. The molecule has 0 saturated carbocycles. The second kappa shape index (κ2) is 46.5. The molecule has 0 unspecified atom stereocenters. The third-order valence-corrected chi connectivity index (χ3v) is 19.8. The highest BCUT2D eigenvalue weighted by molar-refractivity contribution is 7.85. The molecule has 125 heavy (non-hydrogen) atoms. The minimum absolute atomic E-state index is 0.0263. The number of nitrogens with one attached hydrogen (secondary N) is 5. The third-order valence-electron chi connectivity index (χ3n) is 19.0. The summed E-state index contributed by atoms with van der Waals surface area (Å²) in [7, 11) is -4.25. The summed E-state index contributed by atoms with van der Waals surface area (Å²) >= 11 is 0. The SMILES string of the molecule is CCn1nc(C)cc1C(=O)Nc1nc2cc(C(N)=O)cc(OC)c2n1C/C=C/Cn1c(NC(=O)c2cc(C)nn2CC)nc2cc(C(N)=O)cc(OCCCN3CCN(C(=O)OCc4ccc(NC(=O)[C@H](C)NC(=O)[C@@H](NC(=O)OCCOCCOCCOCCOCCOCCOCCC(=O)Oc5c(F)c(F)c(S(=O)(=O)O)c(F)c5F)C(C)C)cc4)CC3)c21. The molecule has 8 aromatic rings. The van der Waals surface area contributed by atoms with Crippen molar-refractivity contribution in [1.82, 2.24) is 59.1 Å². The van der Waals surface area contributed by atoms with Crippen LogP contribution in [0.25, 0.3) is 22.1 Å². The average molecular weight is 1780 g/mol. The highest BCUT2D eigenvalue weighted by atomic mass is 32.2. The van der Waals surface area contributed by atoms with E-state index in [9.17, 15) is 69.1 Å². The lowest BCUT2D eigenvalue weighted by molar-refractivity contribution is -0.136. The number of hydrogen-bond acceptors (Lipinski definition) is 27. The number of amides is 8. The van der Waals surface area contributed by atoms with Gasteiger partial charge in [0.25, 0.3) is 11.8 Å². The molecule has 8 amide bonds. The number of carbonyl (C=O) groups is 9. The maximum atomic E-state index is 14.1. The molecule has 5 heterocycles. The lowest BCUT2D eigenvalue weighted by atomic mass is 10.0. The second-order valence-electron chi connectivity index (χ2n) is 28.4. The number of benzene rings is 4. The third kappa shape index (κ3) is 27.1. The van der Waals surface area contributed by atoms with Gasteiger partial charge in [0, 0.05) is 75.7 Å². The summed E-state index contributed by atoms with van der Waals surface area (Å²) < 4.78 is 153. The van der Waals surface area contributed by atoms with Crippen LogP contribution in [-0.2, 0) is 95.2 Å². The Bertz CT molecular complexity index is 5260. The zero-order chi connectivity index (χ0) is 90.6. The molecule has 9 rings (SSSR count). The van der Waals surface area contributed by atoms with Gasteiger partial charge in [-0.05, 0) is 101 Å². The van der Waals surface area contributed by atoms with Gasteiger partial charge in [-0.25, -0.2) is 28.3 Å². The van der Waals surface area contributed by atoms with Crippen LogP contribution < -0.4 is 52.3 Å². The van der Waals surface area contributed by atoms with Gasteiger partial charge >= 0.3 is 28.3 Å². The smallest absolute Gasteiger partial charge is 0.410 e. The maximum absolute atomic E-state index is 14.1. The van der Waals surface area contributed by atoms with Crippen molar-refractivity contribution >= 4 is 103 Å². The maximum Gasteiger partial charge on any atom is 0.410 e. The first-order valence-electron chi connectivity index (χ1n) is 39.8. The van der Waals surface area contributed by atoms with Gasteiger partial charge in [-0.3, -0.25) is 63.0 Å². The summed E-state index contributed by atoms with van der Waals surface area (Å²) in [6.45, 7) is 17.0. The molecule has 40 nitrogen and oxygen atoms in total. The van der Waals surface area contributed by atoms with Crippen LogP contribution in [0.4, 0.5) is 44.7 Å². The van der Waals surface area contributed by atoms with E-state index < -0.39 is 122 Å². The Morgan fingerprint density at radius 3 is 1.51 bits per heavy atom. The van der Waals surface area contributed by atoms with E-state index >= 15 is 0 Å². The Morgan fingerprint density at radius 2 is 1.05 bits per heavy atom. The molecule has 0 radical (unpaired) electrons. The number of ether oxygens (including phenoxy) is 11. The number of aryl methyl sites for hydroxylation is 4. The van der Waals surface area contributed by atoms with Crippen LogP contribution in [0.5, 0.6) is 17.2 Å². The zero-order valence-corrected chi connectivity index (χ0v) is 70.8. The second-order valence-corrected chi connectivity index (χ2v) is 29.7. The Hall–Kier alpha value is -12.2. The zero-order valence-electron chi connectivity index (χ0n) is 70.0. The van der Waals surface area contributed by atoms with Crippen molar-refractivity contribution in [2.45, 2.75) is 111 Å². The monoisotopic (exact) mass is 1780 g/mol. The van der Waals surface area contributed by atoms with Crippen LogP contribution in [0.2, 0.25) is 0 Å². The highest BCUT2D eigenvalue weighted by Crippen LogP contribution is 2.36. The molecule has 1 aliphatic rings. The first-order chi connectivity index (χ1) is 59.8. The number of halogens is 4. The number of allylic oxidation sites excluding steroid dienone is 2. The van der Waals surface area contributed by atoms with Crippen molar-refractivity contribution in [2.24, 2.45) is 17.4 Å². The van der Waals surface area contributed by atoms with Crippen molar-refractivity contribution in [3.05, 3.63) is 136 Å². The molecule has 1 saturated heterocycles. The molecule has 0 spiro atoms. The summed E-state index contributed by atoms with van der Waals surface area (Å²) in [5, 5.41) is 22.6. The van der Waals surface area contributed by atoms with E-state index in [-0.39, 0.29) is 152 Å². The Morgan fingerprint density at radius 1 is 0.576 bits per heavy atom. The van der Waals surface area contributed by atoms with Crippen molar-refractivity contribution in [3.8, 4) is 17.2 Å². The van der Waals surface area contributed by atoms with Crippen LogP contribution in [-0.4, -0.2) is 259 Å². The Balaban J connectivity index is 0.645. The quantitative estimate of drug-likeness (QED) is 0.00399. The number of nitrogens with zero attached hydrogens (tertiary/aromatic N) is 10. The molecule has 0 aliphatic carbocycles. The minimum Gasteiger partial charge on any atom is -0.494 e. The lowest BCUT2D eigenvalue weighted by Gasteiger charge is -2.34. The van der Waals surface area contributed by atoms with Crippen molar-refractivity contribution in [1.29, 1.82) is 0 Å². The number of carbonyl (C=O) groups excluding carboxylic acids is 9. The van der Waals surface area contributed by atoms with E-state index in [2.05, 4.69) is 46.4 Å². The van der Waals surface area contributed by atoms with Gasteiger partial charge in [0.2, 0.25) is 52.9 Å². The average Bonchev–Trinajstić information content (AvgIpc) is 1.66. The van der Waals surface area contributed by atoms with Gasteiger partial charge in [-0.2, -0.15) is 27.4 Å². The molecular formula is C80H101F4N17O23S. The first-order valence-corrected chi connectivity index (χ1v) is 41.2. The van der Waals surface area contributed by atoms with Crippen LogP contribution in [0.3, 0.4) is 0 Å². The fourth-order valence-electron chi connectivity index (χ4n) is 12.7. The Kier molecular flexibility index (Phi) is 35.9. The predicted molar refractivity (Wildman–Crippen MR) is 439 cm³/mol. The fraction of sp³-hybridized carbons (Fsp3) is 0.463. The summed E-state index contributed by atoms with van der Waals surface area (Å²) in [6.07, 6.45) is 2.12. The van der Waals surface area contributed by atoms with E-state index in [0.717, 1.165) is 0 Å². The number of methoxy groups -OCH3 is 1. The number of esters is 1. The number of rotatable bonds is 49. The van der Waals surface area contributed by atoms with Crippen molar-refractivity contribution < 1.29 is 126 Å². The van der Waals surface area contributed by atoms with Gasteiger partial charge in [0.05, 0.1) is 122 Å². The Labute approximate surface area is 714 Å². The van der Waals surface area contributed by atoms with Crippen molar-refractivity contribution in [3.63, 3.8) is 0 Å². The number of nitrogens with two attached hydrogens (primary N) is 2. The van der Waals surface area contributed by atoms with E-state index in [1.165, 1.54) is 38.3 Å². The number of imidazole rings is 2. The van der Waals surface area contributed by atoms with Crippen LogP contribution in [0.1, 0.15) is 106 Å². The molecule has 1 aliphatic heterocycles. The largest absolute Gasteiger partial charge is 0.494 e. The lowest BCUT2D eigenvalue weighted by Crippen LogP contribution is -2.53. The fourth-order valence-corrected chi connectivity index (χ4v) is 13.3. The van der Waals surface area contributed by atoms with Crippen LogP contribution in [0, 0.1) is 43.0 Å². The number of fused-ring (bicyclic) bond motifs is 2. The minimum atomic E-state index is -5.68. The molecule has 45 heteroatoms. The highest BCUT2D eigenvalue weighted by Gasteiger charge is 2.35. The van der Waals surface area contributed by atoms with E-state index in [1.54, 1.807) is 93.6 Å². The molecule has 4 aromatic carbocycles. The van der Waals surface area contributed by atoms with E-state index in [0.29, 0.717) is 103 Å². The summed E-state index contributed by atoms with van der Waals surface area (Å²) in [4.78, 5) is 129. The van der Waals surface area contributed by atoms with Gasteiger partial charge in [0.15, 0.2) is 16.5 Å². The van der Waals surface area contributed by atoms with E-state index in [1.807, 2.05) is 19.9 Å². The number of alkyl carbamates (subject to hydrolysis) is 1. The number of piperazine rings is 1. The summed E-state index contributed by atoms with van der Waals surface area (Å²) in [5.41, 5.74) is 16.2. The normalized spacial score (nSPS) is 13.0. The number of anilines is 3.